The highest BCUT2D eigenvalue weighted by Crippen LogP contribution is 2.46. The summed E-state index contributed by atoms with van der Waals surface area (Å²) in [6.07, 6.45) is 0. The first kappa shape index (κ1) is 28.5. The molecule has 13 rings (SSSR count). The molecule has 0 radical (unpaired) electrons. The SMILES string of the molecule is c1ccc(N2c3cc4cc5c(ccc6c5c5ccccc5n6-c5ccccc5)cc4cc3B3c4c(cccc42)-c2cccc4c5ccccc5n3c24)cc1. The van der Waals surface area contributed by atoms with Gasteiger partial charge in [0.25, 0.3) is 0 Å². The molecule has 0 amide bonds. The average Bonchev–Trinajstić information content (AvgIpc) is 3.75. The molecule has 0 N–H and O–H groups in total. The Morgan fingerprint density at radius 3 is 1.93 bits per heavy atom. The Kier molecular flexibility index (Phi) is 5.45. The largest absolute Gasteiger partial charge is 0.375 e. The molecule has 4 heterocycles. The third kappa shape index (κ3) is 3.57. The lowest BCUT2D eigenvalue weighted by Crippen LogP contribution is -2.56. The van der Waals surface area contributed by atoms with Gasteiger partial charge in [0.1, 0.15) is 0 Å². The van der Waals surface area contributed by atoms with E-state index in [9.17, 15) is 0 Å². The molecular weight excluding hydrogens is 653 g/mol. The lowest BCUT2D eigenvalue weighted by atomic mass is 9.45. The molecule has 248 valence electrons. The van der Waals surface area contributed by atoms with Crippen LogP contribution in [0.3, 0.4) is 0 Å². The first-order valence-electron chi connectivity index (χ1n) is 18.8. The number of rotatable bonds is 2. The van der Waals surface area contributed by atoms with Gasteiger partial charge in [-0.3, -0.25) is 0 Å². The van der Waals surface area contributed by atoms with Crippen LogP contribution in [0.4, 0.5) is 17.1 Å². The van der Waals surface area contributed by atoms with Gasteiger partial charge in [-0.25, -0.2) is 0 Å². The number of fused-ring (bicyclic) bond motifs is 13. The Balaban J connectivity index is 1.15. The van der Waals surface area contributed by atoms with Crippen molar-refractivity contribution in [3.63, 3.8) is 0 Å². The van der Waals surface area contributed by atoms with Crippen molar-refractivity contribution < 1.29 is 0 Å². The lowest BCUT2D eigenvalue weighted by Gasteiger charge is -2.40. The minimum Gasteiger partial charge on any atom is -0.375 e. The van der Waals surface area contributed by atoms with Crippen LogP contribution in [-0.2, 0) is 0 Å². The second-order valence-electron chi connectivity index (χ2n) is 14.9. The summed E-state index contributed by atoms with van der Waals surface area (Å²) in [4.78, 5) is 2.51. The second-order valence-corrected chi connectivity index (χ2v) is 14.9. The number of anilines is 3. The van der Waals surface area contributed by atoms with Crippen LogP contribution in [0.25, 0.3) is 82.0 Å². The van der Waals surface area contributed by atoms with Crippen molar-refractivity contribution >= 4 is 100.0 Å². The zero-order chi connectivity index (χ0) is 35.1. The summed E-state index contributed by atoms with van der Waals surface area (Å²) in [5.74, 6) is 0. The summed E-state index contributed by atoms with van der Waals surface area (Å²) < 4.78 is 5.05. The average molecular weight is 684 g/mol. The summed E-state index contributed by atoms with van der Waals surface area (Å²) in [5.41, 5.74) is 15.2. The fraction of sp³-hybridized carbons (Fsp3) is 0. The number of benzene rings is 9. The quantitative estimate of drug-likeness (QED) is 0.131. The number of nitrogens with zero attached hydrogens (tertiary/aromatic N) is 3. The van der Waals surface area contributed by atoms with Crippen molar-refractivity contribution in [2.24, 2.45) is 0 Å². The Morgan fingerprint density at radius 1 is 0.389 bits per heavy atom. The molecule has 2 aliphatic rings. The maximum Gasteiger partial charge on any atom is 0.333 e. The molecule has 11 aromatic rings. The highest BCUT2D eigenvalue weighted by atomic mass is 15.2. The number of aromatic nitrogens is 2. The van der Waals surface area contributed by atoms with Gasteiger partial charge < -0.3 is 13.9 Å². The minimum absolute atomic E-state index is 0.0230. The van der Waals surface area contributed by atoms with E-state index in [1.165, 1.54) is 110 Å². The topological polar surface area (TPSA) is 13.1 Å². The second kappa shape index (κ2) is 10.3. The fourth-order valence-electron chi connectivity index (χ4n) is 10.1. The van der Waals surface area contributed by atoms with E-state index in [1.54, 1.807) is 0 Å². The van der Waals surface area contributed by atoms with Crippen molar-refractivity contribution in [2.45, 2.75) is 0 Å². The third-order valence-corrected chi connectivity index (χ3v) is 12.2. The van der Waals surface area contributed by atoms with Crippen molar-refractivity contribution in [3.05, 3.63) is 182 Å². The molecule has 0 aliphatic carbocycles. The summed E-state index contributed by atoms with van der Waals surface area (Å²) in [7, 11) is 0. The molecule has 2 aliphatic heterocycles. The van der Waals surface area contributed by atoms with Gasteiger partial charge in [-0.2, -0.15) is 0 Å². The fourth-order valence-corrected chi connectivity index (χ4v) is 10.1. The van der Waals surface area contributed by atoms with Crippen LogP contribution in [0, 0.1) is 0 Å². The van der Waals surface area contributed by atoms with E-state index < -0.39 is 0 Å². The first-order valence-corrected chi connectivity index (χ1v) is 18.8. The maximum absolute atomic E-state index is 2.64. The Labute approximate surface area is 311 Å². The first-order chi connectivity index (χ1) is 26.8. The van der Waals surface area contributed by atoms with E-state index in [1.807, 2.05) is 0 Å². The summed E-state index contributed by atoms with van der Waals surface area (Å²) in [6.45, 7) is 0.0230. The van der Waals surface area contributed by atoms with E-state index in [2.05, 4.69) is 196 Å². The molecule has 0 spiro atoms. The Morgan fingerprint density at radius 2 is 1.07 bits per heavy atom. The zero-order valence-corrected chi connectivity index (χ0v) is 29.2. The van der Waals surface area contributed by atoms with Gasteiger partial charge in [-0.1, -0.05) is 115 Å². The number of hydrogen-bond donors (Lipinski definition) is 0. The molecule has 4 heteroatoms. The van der Waals surface area contributed by atoms with Crippen LogP contribution in [0.2, 0.25) is 0 Å². The predicted octanol–water partition coefficient (Wildman–Crippen LogP) is 11.6. The predicted molar refractivity (Wildman–Crippen MR) is 229 cm³/mol. The molecule has 9 aromatic carbocycles. The molecule has 0 saturated heterocycles. The van der Waals surface area contributed by atoms with Gasteiger partial charge in [0.2, 0.25) is 0 Å². The van der Waals surface area contributed by atoms with E-state index in [-0.39, 0.29) is 6.85 Å². The molecule has 2 aromatic heterocycles. The standard InChI is InChI=1S/C50H30BN3/c1-3-13-34(14-4-1)52-43-22-9-8-18-40(43)48-41-28-33-30-47-42(29-32(33)27-31(41)25-26-45(48)52)51-49-37(19-12-24-46(49)53(47)35-15-5-2-6-16-35)39-21-11-20-38-36-17-7-10-23-44(36)54(51)50(38)39/h1-30H. The van der Waals surface area contributed by atoms with Crippen LogP contribution in [-0.4, -0.2) is 15.9 Å². The molecule has 0 saturated carbocycles. The Hall–Kier alpha value is -7.04. The van der Waals surface area contributed by atoms with Crippen molar-refractivity contribution in [1.82, 2.24) is 9.05 Å². The molecular formula is C50H30BN3. The van der Waals surface area contributed by atoms with Crippen LogP contribution in [0.1, 0.15) is 0 Å². The molecule has 0 fully saturated rings. The Bertz CT molecular complexity index is 3390. The van der Waals surface area contributed by atoms with E-state index in [4.69, 9.17) is 0 Å². The van der Waals surface area contributed by atoms with Crippen LogP contribution in [0.5, 0.6) is 0 Å². The maximum atomic E-state index is 2.64. The van der Waals surface area contributed by atoms with Crippen molar-refractivity contribution in [1.29, 1.82) is 0 Å². The highest BCUT2D eigenvalue weighted by Gasteiger charge is 2.42. The molecule has 3 nitrogen and oxygen atoms in total. The van der Waals surface area contributed by atoms with E-state index in [0.717, 1.165) is 0 Å². The number of para-hydroxylation sites is 5. The van der Waals surface area contributed by atoms with E-state index >= 15 is 0 Å². The third-order valence-electron chi connectivity index (χ3n) is 12.2. The van der Waals surface area contributed by atoms with Gasteiger partial charge >= 0.3 is 6.85 Å². The van der Waals surface area contributed by atoms with E-state index in [0.29, 0.717) is 0 Å². The van der Waals surface area contributed by atoms with Gasteiger partial charge in [-0.15, -0.1) is 0 Å². The van der Waals surface area contributed by atoms with Crippen molar-refractivity contribution in [2.75, 3.05) is 4.90 Å². The highest BCUT2D eigenvalue weighted by molar-refractivity contribution is 6.90. The van der Waals surface area contributed by atoms with Gasteiger partial charge in [-0.05, 0) is 105 Å². The number of hydrogen-bond acceptors (Lipinski definition) is 1. The molecule has 0 unspecified atom stereocenters. The van der Waals surface area contributed by atoms with Crippen LogP contribution >= 0.6 is 0 Å². The lowest BCUT2D eigenvalue weighted by molar-refractivity contribution is 1.18. The minimum atomic E-state index is 0.0230. The van der Waals surface area contributed by atoms with Gasteiger partial charge in [0.15, 0.2) is 0 Å². The molecule has 0 bridgehead atoms. The van der Waals surface area contributed by atoms with Gasteiger partial charge in [0.05, 0.1) is 11.0 Å². The van der Waals surface area contributed by atoms with Crippen molar-refractivity contribution in [3.8, 4) is 16.8 Å². The monoisotopic (exact) mass is 683 g/mol. The molecule has 0 atom stereocenters. The summed E-state index contributed by atoms with van der Waals surface area (Å²) in [6, 6.07) is 67.7. The van der Waals surface area contributed by atoms with Crippen LogP contribution < -0.4 is 15.8 Å². The van der Waals surface area contributed by atoms with Crippen LogP contribution in [0.15, 0.2) is 182 Å². The van der Waals surface area contributed by atoms with Gasteiger partial charge in [0, 0.05) is 60.9 Å². The summed E-state index contributed by atoms with van der Waals surface area (Å²) >= 11 is 0. The summed E-state index contributed by atoms with van der Waals surface area (Å²) in [5, 5.41) is 10.2. The normalized spacial score (nSPS) is 13.1. The smallest absolute Gasteiger partial charge is 0.333 e. The zero-order valence-electron chi connectivity index (χ0n) is 29.2. The molecule has 54 heavy (non-hydrogen) atoms.